The Hall–Kier alpha value is -1.70. The Labute approximate surface area is 140 Å². The maximum absolute atomic E-state index is 12.7. The van der Waals surface area contributed by atoms with Crippen LogP contribution < -0.4 is 0 Å². The van der Waals surface area contributed by atoms with Gasteiger partial charge in [-0.3, -0.25) is 0 Å². The highest BCUT2D eigenvalue weighted by Gasteiger charge is 2.29. The molecule has 0 bridgehead atoms. The molecule has 0 aliphatic rings. The van der Waals surface area contributed by atoms with Crippen LogP contribution in [0.5, 0.6) is 0 Å². The van der Waals surface area contributed by atoms with E-state index >= 15 is 0 Å². The maximum atomic E-state index is 12.7. The van der Waals surface area contributed by atoms with Gasteiger partial charge in [-0.1, -0.05) is 29.8 Å². The predicted octanol–water partition coefficient (Wildman–Crippen LogP) is 3.44. The lowest BCUT2D eigenvalue weighted by atomic mass is 10.1. The minimum Gasteiger partial charge on any atom is -0.477 e. The van der Waals surface area contributed by atoms with Gasteiger partial charge in [0, 0.05) is 13.1 Å². The molecule has 0 aliphatic heterocycles. The van der Waals surface area contributed by atoms with Gasteiger partial charge in [0.2, 0.25) is 0 Å². The number of aryl methyl sites for hydroxylation is 2. The molecule has 2 aromatic rings. The van der Waals surface area contributed by atoms with Crippen molar-refractivity contribution in [3.63, 3.8) is 0 Å². The number of carbonyl (C=O) groups is 1. The molecule has 124 valence electrons. The van der Waals surface area contributed by atoms with Crippen LogP contribution in [0.2, 0.25) is 0 Å². The molecule has 1 heterocycles. The second kappa shape index (κ2) is 6.43. The number of hydrogen-bond acceptors (Lipinski definition) is 4. The van der Waals surface area contributed by atoms with E-state index in [-0.39, 0.29) is 15.1 Å². The van der Waals surface area contributed by atoms with E-state index < -0.39 is 16.0 Å². The van der Waals surface area contributed by atoms with E-state index in [4.69, 9.17) is 5.11 Å². The van der Waals surface area contributed by atoms with Crippen molar-refractivity contribution in [3.8, 4) is 0 Å². The number of carboxylic acids is 1. The van der Waals surface area contributed by atoms with Gasteiger partial charge in [0.05, 0.1) is 0 Å². The maximum Gasteiger partial charge on any atom is 0.346 e. The summed E-state index contributed by atoms with van der Waals surface area (Å²) in [5.41, 5.74) is 2.44. The van der Waals surface area contributed by atoms with Crippen LogP contribution in [-0.4, -0.2) is 30.8 Å². The normalized spacial score (nSPS) is 13.3. The predicted molar refractivity (Wildman–Crippen MR) is 90.6 cm³/mol. The molecule has 23 heavy (non-hydrogen) atoms. The average Bonchev–Trinajstić information content (AvgIpc) is 2.89. The molecular formula is C16H19NO4S2. The smallest absolute Gasteiger partial charge is 0.346 e. The lowest BCUT2D eigenvalue weighted by Gasteiger charge is -2.24. The van der Waals surface area contributed by atoms with Crippen molar-refractivity contribution in [3.05, 3.63) is 51.9 Å². The summed E-state index contributed by atoms with van der Waals surface area (Å²) in [4.78, 5) is 11.2. The molecule has 0 saturated carbocycles. The van der Waals surface area contributed by atoms with Gasteiger partial charge in [0.1, 0.15) is 9.09 Å². The fraction of sp³-hybridized carbons (Fsp3) is 0.312. The molecule has 0 saturated heterocycles. The molecule has 2 rings (SSSR count). The van der Waals surface area contributed by atoms with Gasteiger partial charge in [-0.2, -0.15) is 4.31 Å². The van der Waals surface area contributed by atoms with Crippen molar-refractivity contribution in [2.45, 2.75) is 31.0 Å². The average molecular weight is 353 g/mol. The molecule has 0 aliphatic carbocycles. The summed E-state index contributed by atoms with van der Waals surface area (Å²) in [7, 11) is -2.23. The van der Waals surface area contributed by atoms with Crippen molar-refractivity contribution in [1.82, 2.24) is 4.31 Å². The fourth-order valence-corrected chi connectivity index (χ4v) is 5.11. The summed E-state index contributed by atoms with van der Waals surface area (Å²) >= 11 is 0.789. The van der Waals surface area contributed by atoms with Crippen molar-refractivity contribution >= 4 is 27.3 Å². The van der Waals surface area contributed by atoms with E-state index in [1.165, 1.54) is 17.4 Å². The SMILES string of the molecule is Cc1ccc(C(C)N(C)S(=O)(=O)c2cc(C)c(C(=O)O)s2)cc1. The van der Waals surface area contributed by atoms with Crippen LogP contribution in [-0.2, 0) is 10.0 Å². The minimum absolute atomic E-state index is 0.0499. The quantitative estimate of drug-likeness (QED) is 0.893. The summed E-state index contributed by atoms with van der Waals surface area (Å²) < 4.78 is 26.8. The highest BCUT2D eigenvalue weighted by atomic mass is 32.2. The van der Waals surface area contributed by atoms with Crippen LogP contribution in [0.1, 0.15) is 39.3 Å². The molecule has 1 atom stereocenters. The van der Waals surface area contributed by atoms with Gasteiger partial charge in [-0.25, -0.2) is 13.2 Å². The second-order valence-corrected chi connectivity index (χ2v) is 8.77. The number of thiophene rings is 1. The fourth-order valence-electron chi connectivity index (χ4n) is 2.20. The van der Waals surface area contributed by atoms with Gasteiger partial charge in [0.25, 0.3) is 10.0 Å². The highest BCUT2D eigenvalue weighted by Crippen LogP contribution is 2.32. The first-order valence-corrected chi connectivity index (χ1v) is 9.28. The second-order valence-electron chi connectivity index (χ2n) is 5.49. The minimum atomic E-state index is -3.74. The van der Waals surface area contributed by atoms with Crippen LogP contribution in [0.15, 0.2) is 34.5 Å². The molecule has 0 amide bonds. The lowest BCUT2D eigenvalue weighted by Crippen LogP contribution is -2.29. The van der Waals surface area contributed by atoms with Gasteiger partial charge in [-0.05, 0) is 38.0 Å². The van der Waals surface area contributed by atoms with E-state index in [9.17, 15) is 13.2 Å². The van der Waals surface area contributed by atoms with Crippen molar-refractivity contribution < 1.29 is 18.3 Å². The van der Waals surface area contributed by atoms with Crippen LogP contribution >= 0.6 is 11.3 Å². The van der Waals surface area contributed by atoms with Crippen molar-refractivity contribution in [2.24, 2.45) is 0 Å². The van der Waals surface area contributed by atoms with Crippen LogP contribution in [0.25, 0.3) is 0 Å². The Morgan fingerprint density at radius 3 is 2.26 bits per heavy atom. The molecular weight excluding hydrogens is 334 g/mol. The number of sulfonamides is 1. The third-order valence-corrected chi connectivity index (χ3v) is 7.43. The monoisotopic (exact) mass is 353 g/mol. The van der Waals surface area contributed by atoms with E-state index in [2.05, 4.69) is 0 Å². The Morgan fingerprint density at radius 1 is 1.22 bits per heavy atom. The van der Waals surface area contributed by atoms with Gasteiger partial charge in [-0.15, -0.1) is 11.3 Å². The molecule has 0 radical (unpaired) electrons. The number of rotatable bonds is 5. The summed E-state index contributed by atoms with van der Waals surface area (Å²) in [6, 6.07) is 8.73. The van der Waals surface area contributed by atoms with E-state index in [0.29, 0.717) is 5.56 Å². The molecule has 7 heteroatoms. The first-order valence-electron chi connectivity index (χ1n) is 7.03. The molecule has 1 unspecified atom stereocenters. The number of carboxylic acid groups (broad SMARTS) is 1. The summed E-state index contributed by atoms with van der Waals surface area (Å²) in [6.07, 6.45) is 0. The summed E-state index contributed by atoms with van der Waals surface area (Å²) in [5, 5.41) is 9.10. The van der Waals surface area contributed by atoms with Crippen LogP contribution in [0.3, 0.4) is 0 Å². The standard InChI is InChI=1S/C16H19NO4S2/c1-10-5-7-13(8-6-10)12(3)17(4)23(20,21)14-9-11(2)15(22-14)16(18)19/h5-9,12H,1-4H3,(H,18,19). The summed E-state index contributed by atoms with van der Waals surface area (Å²) in [6.45, 7) is 5.37. The number of nitrogens with zero attached hydrogens (tertiary/aromatic N) is 1. The topological polar surface area (TPSA) is 74.7 Å². The molecule has 1 aromatic heterocycles. The largest absolute Gasteiger partial charge is 0.477 e. The molecule has 5 nitrogen and oxygen atoms in total. The van der Waals surface area contributed by atoms with E-state index in [1.807, 2.05) is 31.2 Å². The van der Waals surface area contributed by atoms with E-state index in [0.717, 1.165) is 22.5 Å². The number of benzene rings is 1. The Balaban J connectivity index is 2.36. The first-order chi connectivity index (χ1) is 10.6. The molecule has 0 fully saturated rings. The zero-order chi connectivity index (χ0) is 17.4. The van der Waals surface area contributed by atoms with Crippen molar-refractivity contribution in [1.29, 1.82) is 0 Å². The zero-order valence-electron chi connectivity index (χ0n) is 13.4. The molecule has 1 N–H and O–H groups in total. The molecule has 0 spiro atoms. The van der Waals surface area contributed by atoms with Gasteiger partial charge >= 0.3 is 5.97 Å². The Bertz CT molecular complexity index is 822. The van der Waals surface area contributed by atoms with Crippen molar-refractivity contribution in [2.75, 3.05) is 7.05 Å². The highest BCUT2D eigenvalue weighted by molar-refractivity contribution is 7.91. The lowest BCUT2D eigenvalue weighted by molar-refractivity contribution is 0.0701. The third kappa shape index (κ3) is 3.46. The van der Waals surface area contributed by atoms with Gasteiger partial charge < -0.3 is 5.11 Å². The zero-order valence-corrected chi connectivity index (χ0v) is 15.0. The van der Waals surface area contributed by atoms with Crippen LogP contribution in [0.4, 0.5) is 0 Å². The van der Waals surface area contributed by atoms with Crippen LogP contribution in [0, 0.1) is 13.8 Å². The number of hydrogen-bond donors (Lipinski definition) is 1. The third-order valence-electron chi connectivity index (χ3n) is 3.83. The Morgan fingerprint density at radius 2 is 1.78 bits per heavy atom. The molecule has 1 aromatic carbocycles. The Kier molecular flexibility index (Phi) is 4.93. The number of aromatic carboxylic acids is 1. The summed E-state index contributed by atoms with van der Waals surface area (Å²) in [5.74, 6) is -1.11. The van der Waals surface area contributed by atoms with E-state index in [1.54, 1.807) is 13.8 Å². The van der Waals surface area contributed by atoms with Gasteiger partial charge in [0.15, 0.2) is 0 Å². The first kappa shape index (κ1) is 17.7.